The predicted octanol–water partition coefficient (Wildman–Crippen LogP) is 1.99. The first kappa shape index (κ1) is 23.8. The van der Waals surface area contributed by atoms with E-state index in [1.54, 1.807) is 11.7 Å². The Balaban J connectivity index is 1.39. The summed E-state index contributed by atoms with van der Waals surface area (Å²) in [5.74, 6) is 2.13. The number of nitrogens with zero attached hydrogens (tertiary/aromatic N) is 7. The zero-order valence-corrected chi connectivity index (χ0v) is 22.6. The predicted molar refractivity (Wildman–Crippen MR) is 148 cm³/mol. The number of amides is 1. The minimum absolute atomic E-state index is 0.0691. The number of anilines is 3. The molecule has 0 spiro atoms. The van der Waals surface area contributed by atoms with E-state index in [4.69, 9.17) is 5.73 Å². The molecule has 0 bridgehead atoms. The number of likely N-dealkylation sites (N-methyl/N-ethyl adjacent to an activating group) is 2. The summed E-state index contributed by atoms with van der Waals surface area (Å²) in [5.41, 5.74) is 11.0. The zero-order valence-electron chi connectivity index (χ0n) is 20.4. The maximum atomic E-state index is 11.7. The molecular formula is C24H32IN9O. The van der Waals surface area contributed by atoms with Crippen molar-refractivity contribution in [3.8, 4) is 11.1 Å². The maximum absolute atomic E-state index is 11.7. The molecule has 5 rings (SSSR count). The molecule has 0 atom stereocenters. The van der Waals surface area contributed by atoms with Crippen LogP contribution in [0.5, 0.6) is 0 Å². The number of halogens is 1. The number of hydrogen-bond donors (Lipinski definition) is 2. The molecule has 1 aromatic carbocycles. The van der Waals surface area contributed by atoms with Gasteiger partial charge in [-0.15, -0.1) is 0 Å². The molecule has 11 heteroatoms. The van der Waals surface area contributed by atoms with Crippen molar-refractivity contribution in [1.29, 1.82) is 0 Å². The molecule has 0 unspecified atom stereocenters. The van der Waals surface area contributed by atoms with E-state index in [2.05, 4.69) is 69.5 Å². The van der Waals surface area contributed by atoms with Crippen molar-refractivity contribution in [2.75, 3.05) is 59.0 Å². The Morgan fingerprint density at radius 3 is 2.63 bits per heavy atom. The molecule has 35 heavy (non-hydrogen) atoms. The first-order valence-electron chi connectivity index (χ1n) is 11.7. The fourth-order valence-corrected chi connectivity index (χ4v) is 8.82. The number of carbonyl (C=O) groups excluding carboxylic acids is 1. The summed E-state index contributed by atoms with van der Waals surface area (Å²) in [6.45, 7) is 4.96. The summed E-state index contributed by atoms with van der Waals surface area (Å²) < 4.78 is 5.23. The Hall–Kier alpha value is -2.93. The summed E-state index contributed by atoms with van der Waals surface area (Å²) in [4.78, 5) is 27.9. The first-order valence-corrected chi connectivity index (χ1v) is 16.3. The van der Waals surface area contributed by atoms with Gasteiger partial charge < -0.3 is 0 Å². The third kappa shape index (κ3) is 5.20. The molecule has 4 heterocycles. The van der Waals surface area contributed by atoms with Crippen LogP contribution < -0.4 is 19.1 Å². The van der Waals surface area contributed by atoms with Gasteiger partial charge in [-0.25, -0.2) is 0 Å². The van der Waals surface area contributed by atoms with E-state index in [1.165, 1.54) is 11.1 Å². The number of piperazine rings is 1. The number of nitrogens with one attached hydrogen (secondary N) is 1. The summed E-state index contributed by atoms with van der Waals surface area (Å²) in [7, 11) is 3.78. The molecule has 1 fully saturated rings. The molecule has 1 saturated heterocycles. The van der Waals surface area contributed by atoms with Gasteiger partial charge in [-0.05, 0) is 0 Å². The van der Waals surface area contributed by atoms with Crippen LogP contribution in [-0.2, 0) is 22.3 Å². The van der Waals surface area contributed by atoms with Gasteiger partial charge in [0, 0.05) is 0 Å². The number of rotatable bonds is 5. The van der Waals surface area contributed by atoms with Crippen molar-refractivity contribution >= 4 is 43.6 Å². The van der Waals surface area contributed by atoms with Crippen LogP contribution in [0.25, 0.3) is 11.1 Å². The number of fused-ring (bicyclic) bond motifs is 1. The van der Waals surface area contributed by atoms with Gasteiger partial charge >= 0.3 is 214 Å². The van der Waals surface area contributed by atoms with E-state index in [9.17, 15) is 4.79 Å². The average Bonchev–Trinajstić information content (AvgIpc) is 3.31. The Kier molecular flexibility index (Phi) is 6.78. The molecule has 186 valence electrons. The van der Waals surface area contributed by atoms with Gasteiger partial charge in [0.25, 0.3) is 0 Å². The average molecular weight is 589 g/mol. The van der Waals surface area contributed by atoms with Crippen LogP contribution in [0.3, 0.4) is 0 Å². The third-order valence-corrected chi connectivity index (χ3v) is 11.3. The van der Waals surface area contributed by atoms with Gasteiger partial charge in [0.05, 0.1) is 0 Å². The standard InChI is InChI=1S/C24H32IN9O/c1-25-12-18-5-4-17(20-13-28-33(14-20)16-23(35)27-2)10-19(18)15-34(25)22-11-21(29-24(26)30-22)32-8-6-31(3)7-9-32/h4-5,10-11,13-14H,6-9,12,15-16H2,1-3H3,(H,27,35)(H2,26,29,30). The van der Waals surface area contributed by atoms with Gasteiger partial charge in [0.15, 0.2) is 0 Å². The second-order valence-electron chi connectivity index (χ2n) is 9.03. The van der Waals surface area contributed by atoms with Crippen molar-refractivity contribution in [3.05, 3.63) is 47.8 Å². The number of alkyl halides is 2. The quantitative estimate of drug-likeness (QED) is 0.265. The first-order chi connectivity index (χ1) is 16.9. The summed E-state index contributed by atoms with van der Waals surface area (Å²) in [5, 5.41) is 6.98. The second kappa shape index (κ2) is 9.97. The summed E-state index contributed by atoms with van der Waals surface area (Å²) >= 11 is -1.47. The van der Waals surface area contributed by atoms with E-state index in [0.717, 1.165) is 59.9 Å². The molecule has 2 aromatic heterocycles. The Bertz CT molecular complexity index is 1220. The number of aromatic nitrogens is 4. The number of carbonyl (C=O) groups is 1. The SMILES string of the molecule is CNC(=O)Cn1cc(-c2ccc3c(c2)CN(c2cc(N4CCN(C)CC4)nc(N)n2)I(C)C3)cn1. The second-order valence-corrected chi connectivity index (χ2v) is 14.1. The molecular weight excluding hydrogens is 557 g/mol. The van der Waals surface area contributed by atoms with Gasteiger partial charge in [-0.3, -0.25) is 0 Å². The van der Waals surface area contributed by atoms with Crippen LogP contribution >= 0.6 is 20.1 Å². The van der Waals surface area contributed by atoms with Crippen LogP contribution in [0.1, 0.15) is 11.1 Å². The van der Waals surface area contributed by atoms with Crippen molar-refractivity contribution in [2.24, 2.45) is 0 Å². The topological polar surface area (TPSA) is 108 Å². The zero-order chi connectivity index (χ0) is 24.5. The normalized spacial score (nSPS) is 17.4. The van der Waals surface area contributed by atoms with Crippen LogP contribution in [0, 0.1) is 0 Å². The van der Waals surface area contributed by atoms with E-state index < -0.39 is 20.1 Å². The Labute approximate surface area is 213 Å². The monoisotopic (exact) mass is 589 g/mol. The van der Waals surface area contributed by atoms with E-state index >= 15 is 0 Å². The molecule has 3 aromatic rings. The number of nitrogens with two attached hydrogens (primary N) is 1. The minimum atomic E-state index is -1.47. The van der Waals surface area contributed by atoms with E-state index in [1.807, 2.05) is 12.4 Å². The van der Waals surface area contributed by atoms with E-state index in [0.29, 0.717) is 5.95 Å². The van der Waals surface area contributed by atoms with Gasteiger partial charge in [0.2, 0.25) is 0 Å². The molecule has 2 aliphatic heterocycles. The Morgan fingerprint density at radius 2 is 1.86 bits per heavy atom. The van der Waals surface area contributed by atoms with Crippen molar-refractivity contribution in [2.45, 2.75) is 17.5 Å². The molecule has 0 radical (unpaired) electrons. The molecule has 0 saturated carbocycles. The third-order valence-electron chi connectivity index (χ3n) is 6.54. The van der Waals surface area contributed by atoms with Gasteiger partial charge in [0.1, 0.15) is 0 Å². The van der Waals surface area contributed by atoms with Crippen LogP contribution in [-0.4, -0.2) is 75.8 Å². The van der Waals surface area contributed by atoms with Crippen molar-refractivity contribution in [1.82, 2.24) is 30.0 Å². The fraction of sp³-hybridized carbons (Fsp3) is 0.417. The van der Waals surface area contributed by atoms with Crippen LogP contribution in [0.4, 0.5) is 17.6 Å². The van der Waals surface area contributed by atoms with Crippen molar-refractivity contribution < 1.29 is 4.79 Å². The number of nitrogen functional groups attached to an aromatic ring is 1. The Morgan fingerprint density at radius 1 is 1.09 bits per heavy atom. The molecule has 1 amide bonds. The summed E-state index contributed by atoms with van der Waals surface area (Å²) in [6.07, 6.45) is 3.74. The number of benzene rings is 1. The molecule has 3 N–H and O–H groups in total. The molecule has 10 nitrogen and oxygen atoms in total. The van der Waals surface area contributed by atoms with Gasteiger partial charge in [-0.1, -0.05) is 0 Å². The van der Waals surface area contributed by atoms with E-state index in [-0.39, 0.29) is 12.5 Å². The van der Waals surface area contributed by atoms with Crippen LogP contribution in [0.15, 0.2) is 36.7 Å². The summed E-state index contributed by atoms with van der Waals surface area (Å²) in [6, 6.07) is 8.77. The molecule has 0 aliphatic carbocycles. The number of hydrogen-bond acceptors (Lipinski definition) is 8. The van der Waals surface area contributed by atoms with Crippen LogP contribution in [0.2, 0.25) is 0 Å². The van der Waals surface area contributed by atoms with Gasteiger partial charge in [-0.2, -0.15) is 0 Å². The fourth-order valence-electron chi connectivity index (χ4n) is 4.43. The van der Waals surface area contributed by atoms with Crippen molar-refractivity contribution in [3.63, 3.8) is 0 Å². The molecule has 2 aliphatic rings.